The number of aromatic nitrogens is 4. The monoisotopic (exact) mass is 412 g/mol. The fourth-order valence-electron chi connectivity index (χ4n) is 2.58. The van der Waals surface area contributed by atoms with E-state index < -0.39 is 5.82 Å². The highest BCUT2D eigenvalue weighted by Crippen LogP contribution is 2.11. The normalized spacial score (nSPS) is 10.7. The van der Waals surface area contributed by atoms with Gasteiger partial charge in [-0.05, 0) is 24.3 Å². The summed E-state index contributed by atoms with van der Waals surface area (Å²) in [7, 11) is 0. The molecule has 9 heteroatoms. The standard InChI is InChI=1S/C20H21FN6OS/c1-3-14-15(4-2)26-18(25-14)11-22-9-7-19-27-17(12-29-19)20(28)24-10-16-13(21)6-5-8-23-16/h3-6,8,12,22H,1-2,7,9-11H2,(H,24,28)(H,25,26). The number of imidazole rings is 1. The number of aromatic amines is 1. The molecule has 0 saturated heterocycles. The second-order valence-corrected chi connectivity index (χ2v) is 7.00. The first-order valence-electron chi connectivity index (χ1n) is 8.97. The third-order valence-electron chi connectivity index (χ3n) is 4.05. The van der Waals surface area contributed by atoms with E-state index in [0.29, 0.717) is 25.2 Å². The summed E-state index contributed by atoms with van der Waals surface area (Å²) in [6, 6.07) is 2.81. The van der Waals surface area contributed by atoms with Gasteiger partial charge in [0.25, 0.3) is 5.91 Å². The highest BCUT2D eigenvalue weighted by Gasteiger charge is 2.12. The van der Waals surface area contributed by atoms with Crippen LogP contribution < -0.4 is 10.6 Å². The van der Waals surface area contributed by atoms with Crippen molar-refractivity contribution in [1.29, 1.82) is 0 Å². The number of carbonyl (C=O) groups excluding carboxylic acids is 1. The number of hydrogen-bond acceptors (Lipinski definition) is 6. The number of amides is 1. The van der Waals surface area contributed by atoms with Crippen LogP contribution in [0.25, 0.3) is 12.2 Å². The summed E-state index contributed by atoms with van der Waals surface area (Å²) < 4.78 is 13.6. The number of nitrogens with one attached hydrogen (secondary N) is 3. The summed E-state index contributed by atoms with van der Waals surface area (Å²) in [4.78, 5) is 28.0. The van der Waals surface area contributed by atoms with Crippen LogP contribution in [0.3, 0.4) is 0 Å². The van der Waals surface area contributed by atoms with Gasteiger partial charge in [-0.2, -0.15) is 0 Å². The molecule has 29 heavy (non-hydrogen) atoms. The van der Waals surface area contributed by atoms with Gasteiger partial charge in [0.1, 0.15) is 17.3 Å². The molecule has 3 aromatic rings. The molecule has 0 aliphatic heterocycles. The van der Waals surface area contributed by atoms with E-state index in [1.54, 1.807) is 17.5 Å². The second kappa shape index (κ2) is 9.85. The molecule has 0 unspecified atom stereocenters. The number of pyridine rings is 1. The molecule has 3 rings (SSSR count). The van der Waals surface area contributed by atoms with E-state index in [1.165, 1.54) is 29.7 Å². The fourth-order valence-corrected chi connectivity index (χ4v) is 3.36. The summed E-state index contributed by atoms with van der Waals surface area (Å²) in [5, 5.41) is 8.45. The molecule has 0 aromatic carbocycles. The van der Waals surface area contributed by atoms with E-state index >= 15 is 0 Å². The Morgan fingerprint density at radius 3 is 2.86 bits per heavy atom. The van der Waals surface area contributed by atoms with Crippen molar-refractivity contribution >= 4 is 29.4 Å². The number of hydrogen-bond donors (Lipinski definition) is 3. The minimum absolute atomic E-state index is 0.0163. The molecule has 0 bridgehead atoms. The SMILES string of the molecule is C=Cc1nc(CNCCc2nc(C(=O)NCc3ncccc3F)cs2)[nH]c1C=C. The molecule has 0 spiro atoms. The second-order valence-electron chi connectivity index (χ2n) is 6.06. The number of rotatable bonds is 10. The summed E-state index contributed by atoms with van der Waals surface area (Å²) in [6.45, 7) is 8.74. The van der Waals surface area contributed by atoms with E-state index in [4.69, 9.17) is 0 Å². The van der Waals surface area contributed by atoms with Crippen LogP contribution >= 0.6 is 11.3 Å². The first-order chi connectivity index (χ1) is 14.1. The third-order valence-corrected chi connectivity index (χ3v) is 4.96. The molecule has 0 aliphatic rings. The van der Waals surface area contributed by atoms with Crippen molar-refractivity contribution in [1.82, 2.24) is 30.6 Å². The fraction of sp³-hybridized carbons (Fsp3) is 0.200. The smallest absolute Gasteiger partial charge is 0.271 e. The predicted molar refractivity (Wildman–Crippen MR) is 112 cm³/mol. The van der Waals surface area contributed by atoms with Crippen molar-refractivity contribution in [2.45, 2.75) is 19.5 Å². The largest absolute Gasteiger partial charge is 0.345 e. The van der Waals surface area contributed by atoms with Crippen molar-refractivity contribution in [3.8, 4) is 0 Å². The van der Waals surface area contributed by atoms with E-state index in [0.717, 1.165) is 22.2 Å². The first kappa shape index (κ1) is 20.6. The topological polar surface area (TPSA) is 95.6 Å². The van der Waals surface area contributed by atoms with Crippen LogP contribution in [0.2, 0.25) is 0 Å². The van der Waals surface area contributed by atoms with Crippen LogP contribution in [0.15, 0.2) is 36.9 Å². The molecule has 0 radical (unpaired) electrons. The lowest BCUT2D eigenvalue weighted by Crippen LogP contribution is -2.24. The van der Waals surface area contributed by atoms with Gasteiger partial charge in [0.05, 0.1) is 35.2 Å². The zero-order valence-electron chi connectivity index (χ0n) is 15.7. The van der Waals surface area contributed by atoms with Crippen LogP contribution in [0, 0.1) is 5.82 Å². The molecule has 0 aliphatic carbocycles. The third kappa shape index (κ3) is 5.43. The predicted octanol–water partition coefficient (Wildman–Crippen LogP) is 2.95. The highest BCUT2D eigenvalue weighted by molar-refractivity contribution is 7.09. The molecular formula is C20H21FN6OS. The molecule has 0 fully saturated rings. The molecule has 150 valence electrons. The zero-order chi connectivity index (χ0) is 20.6. The van der Waals surface area contributed by atoms with E-state index in [1.807, 2.05) is 0 Å². The Morgan fingerprint density at radius 1 is 1.28 bits per heavy atom. The maximum Gasteiger partial charge on any atom is 0.271 e. The molecule has 1 amide bonds. The van der Waals surface area contributed by atoms with Crippen molar-refractivity contribution in [2.75, 3.05) is 6.54 Å². The molecule has 3 N–H and O–H groups in total. The Balaban J connectivity index is 1.44. The van der Waals surface area contributed by atoms with E-state index in [-0.39, 0.29) is 18.1 Å². The number of H-pyrrole nitrogens is 1. The average Bonchev–Trinajstić information content (AvgIpc) is 3.37. The Morgan fingerprint density at radius 2 is 2.14 bits per heavy atom. The van der Waals surface area contributed by atoms with Gasteiger partial charge in [-0.1, -0.05) is 13.2 Å². The van der Waals surface area contributed by atoms with Gasteiger partial charge >= 0.3 is 0 Å². The Kier molecular flexibility index (Phi) is 6.99. The maximum absolute atomic E-state index is 13.6. The zero-order valence-corrected chi connectivity index (χ0v) is 16.6. The van der Waals surface area contributed by atoms with Gasteiger partial charge in [-0.15, -0.1) is 11.3 Å². The summed E-state index contributed by atoms with van der Waals surface area (Å²) in [5.41, 5.74) is 2.13. The van der Waals surface area contributed by atoms with Gasteiger partial charge in [0.15, 0.2) is 0 Å². The van der Waals surface area contributed by atoms with Crippen LogP contribution in [-0.2, 0) is 19.5 Å². The quantitative estimate of drug-likeness (QED) is 0.445. The van der Waals surface area contributed by atoms with Crippen LogP contribution in [-0.4, -0.2) is 32.4 Å². The lowest BCUT2D eigenvalue weighted by Gasteiger charge is -2.03. The van der Waals surface area contributed by atoms with E-state index in [9.17, 15) is 9.18 Å². The Bertz CT molecular complexity index is 987. The van der Waals surface area contributed by atoms with Crippen LogP contribution in [0.4, 0.5) is 4.39 Å². The van der Waals surface area contributed by atoms with Crippen LogP contribution in [0.5, 0.6) is 0 Å². The number of thiazole rings is 1. The van der Waals surface area contributed by atoms with Gasteiger partial charge in [-0.25, -0.2) is 14.4 Å². The molecule has 0 saturated carbocycles. The molecule has 0 atom stereocenters. The Hall–Kier alpha value is -3.17. The van der Waals surface area contributed by atoms with Crippen molar-refractivity contribution < 1.29 is 9.18 Å². The van der Waals surface area contributed by atoms with Gasteiger partial charge in [0, 0.05) is 24.5 Å². The van der Waals surface area contributed by atoms with Crippen LogP contribution in [0.1, 0.15) is 38.4 Å². The minimum atomic E-state index is -0.449. The number of carbonyl (C=O) groups is 1. The molecule has 7 nitrogen and oxygen atoms in total. The lowest BCUT2D eigenvalue weighted by atomic mass is 10.3. The molecule has 3 aromatic heterocycles. The summed E-state index contributed by atoms with van der Waals surface area (Å²) >= 11 is 1.41. The lowest BCUT2D eigenvalue weighted by molar-refractivity contribution is 0.0945. The van der Waals surface area contributed by atoms with Gasteiger partial charge in [-0.3, -0.25) is 9.78 Å². The minimum Gasteiger partial charge on any atom is -0.345 e. The molecule has 3 heterocycles. The van der Waals surface area contributed by atoms with Crippen molar-refractivity contribution in [3.63, 3.8) is 0 Å². The number of nitrogens with zero attached hydrogens (tertiary/aromatic N) is 3. The average molecular weight is 412 g/mol. The van der Waals surface area contributed by atoms with Crippen molar-refractivity contribution in [2.24, 2.45) is 0 Å². The van der Waals surface area contributed by atoms with Gasteiger partial charge < -0.3 is 15.6 Å². The van der Waals surface area contributed by atoms with Crippen molar-refractivity contribution in [3.05, 3.63) is 76.3 Å². The van der Waals surface area contributed by atoms with E-state index in [2.05, 4.69) is 43.7 Å². The first-order valence-corrected chi connectivity index (χ1v) is 9.85. The summed E-state index contributed by atoms with van der Waals surface area (Å²) in [6.07, 6.45) is 5.55. The maximum atomic E-state index is 13.6. The van der Waals surface area contributed by atoms with Gasteiger partial charge in [0.2, 0.25) is 0 Å². The molecular weight excluding hydrogens is 391 g/mol. The number of halogens is 1. The summed E-state index contributed by atoms with van der Waals surface area (Å²) in [5.74, 6) is 0.000543. The highest BCUT2D eigenvalue weighted by atomic mass is 32.1. The Labute approximate surface area is 171 Å².